The van der Waals surface area contributed by atoms with Crippen molar-refractivity contribution in [2.45, 2.75) is 26.7 Å². The number of dihydropyridines is 1. The van der Waals surface area contributed by atoms with Gasteiger partial charge in [-0.3, -0.25) is 10.1 Å². The van der Waals surface area contributed by atoms with E-state index in [1.54, 1.807) is 32.9 Å². The highest BCUT2D eigenvalue weighted by Gasteiger charge is 2.35. The highest BCUT2D eigenvalue weighted by Crippen LogP contribution is 2.40. The Labute approximate surface area is 144 Å². The van der Waals surface area contributed by atoms with Crippen molar-refractivity contribution in [1.29, 1.82) is 0 Å². The molecule has 8 heteroatoms. The Morgan fingerprint density at radius 3 is 2.52 bits per heavy atom. The fourth-order valence-electron chi connectivity index (χ4n) is 3.06. The SMILES string of the molecule is COC(=O)C1=C(C)NC(C)=C(C(C)=NO)C1c1cccc([N+](=O)[O-])c1. The monoisotopic (exact) mass is 345 g/mol. The lowest BCUT2D eigenvalue weighted by molar-refractivity contribution is -0.384. The van der Waals surface area contributed by atoms with Gasteiger partial charge in [-0.2, -0.15) is 0 Å². The molecule has 0 radical (unpaired) electrons. The number of hydrogen-bond acceptors (Lipinski definition) is 7. The summed E-state index contributed by atoms with van der Waals surface area (Å²) in [6.45, 7) is 5.11. The quantitative estimate of drug-likeness (QED) is 0.285. The first-order valence-corrected chi connectivity index (χ1v) is 7.52. The van der Waals surface area contributed by atoms with Crippen LogP contribution in [0.3, 0.4) is 0 Å². The van der Waals surface area contributed by atoms with Gasteiger partial charge in [0.15, 0.2) is 0 Å². The fourth-order valence-corrected chi connectivity index (χ4v) is 3.06. The summed E-state index contributed by atoms with van der Waals surface area (Å²) in [5.74, 6) is -1.21. The van der Waals surface area contributed by atoms with Crippen molar-refractivity contribution >= 4 is 17.4 Å². The van der Waals surface area contributed by atoms with Crippen LogP contribution in [0.2, 0.25) is 0 Å². The van der Waals surface area contributed by atoms with Crippen LogP contribution in [0.15, 0.2) is 52.0 Å². The zero-order chi connectivity index (χ0) is 18.7. The molecule has 1 aromatic carbocycles. The molecule has 2 N–H and O–H groups in total. The number of nitro groups is 1. The number of benzene rings is 1. The molecule has 8 nitrogen and oxygen atoms in total. The standard InChI is InChI=1S/C17H19N3O5/c1-9-14(11(3)19-22)16(15(10(2)18-9)17(21)25-4)12-6-5-7-13(8-12)20(23)24/h5-8,16,18,22H,1-4H3. The van der Waals surface area contributed by atoms with E-state index < -0.39 is 16.8 Å². The third-order valence-corrected chi connectivity index (χ3v) is 4.12. The molecule has 0 aromatic heterocycles. The van der Waals surface area contributed by atoms with Crippen LogP contribution in [0.25, 0.3) is 0 Å². The first kappa shape index (κ1) is 18.2. The molecule has 1 unspecified atom stereocenters. The number of rotatable bonds is 4. The summed E-state index contributed by atoms with van der Waals surface area (Å²) in [7, 11) is 1.27. The predicted molar refractivity (Wildman–Crippen MR) is 91.3 cm³/mol. The molecule has 0 saturated carbocycles. The van der Waals surface area contributed by atoms with Crippen LogP contribution < -0.4 is 5.32 Å². The lowest BCUT2D eigenvalue weighted by Crippen LogP contribution is -2.31. The Balaban J connectivity index is 2.75. The maximum absolute atomic E-state index is 12.4. The lowest BCUT2D eigenvalue weighted by Gasteiger charge is -2.31. The minimum Gasteiger partial charge on any atom is -0.466 e. The number of nitrogens with one attached hydrogen (secondary N) is 1. The summed E-state index contributed by atoms with van der Waals surface area (Å²) in [6, 6.07) is 6.03. The molecule has 0 bridgehead atoms. The van der Waals surface area contributed by atoms with E-state index in [0.29, 0.717) is 33.8 Å². The number of oxime groups is 1. The van der Waals surface area contributed by atoms with Crippen LogP contribution in [0, 0.1) is 10.1 Å². The van der Waals surface area contributed by atoms with E-state index >= 15 is 0 Å². The van der Waals surface area contributed by atoms with Crippen LogP contribution in [0.1, 0.15) is 32.3 Å². The Hall–Kier alpha value is -3.16. The van der Waals surface area contributed by atoms with Gasteiger partial charge in [0.2, 0.25) is 0 Å². The summed E-state index contributed by atoms with van der Waals surface area (Å²) in [5, 5.41) is 26.7. The first-order valence-electron chi connectivity index (χ1n) is 7.52. The summed E-state index contributed by atoms with van der Waals surface area (Å²) >= 11 is 0. The highest BCUT2D eigenvalue weighted by atomic mass is 16.6. The van der Waals surface area contributed by atoms with Crippen molar-refractivity contribution < 1.29 is 19.7 Å². The molecule has 1 aromatic rings. The summed E-state index contributed by atoms with van der Waals surface area (Å²) in [5.41, 5.74) is 2.89. The van der Waals surface area contributed by atoms with E-state index in [1.165, 1.54) is 19.2 Å². The van der Waals surface area contributed by atoms with Crippen LogP contribution in [-0.4, -0.2) is 28.9 Å². The number of esters is 1. The van der Waals surface area contributed by atoms with Gasteiger partial charge >= 0.3 is 5.97 Å². The van der Waals surface area contributed by atoms with Gasteiger partial charge in [-0.1, -0.05) is 17.3 Å². The molecule has 0 saturated heterocycles. The zero-order valence-corrected chi connectivity index (χ0v) is 14.4. The van der Waals surface area contributed by atoms with Gasteiger partial charge in [-0.05, 0) is 26.3 Å². The normalized spacial score (nSPS) is 18.1. The van der Waals surface area contributed by atoms with E-state index in [-0.39, 0.29) is 5.69 Å². The van der Waals surface area contributed by atoms with Crippen LogP contribution >= 0.6 is 0 Å². The Morgan fingerprint density at radius 2 is 1.96 bits per heavy atom. The van der Waals surface area contributed by atoms with Gasteiger partial charge in [0.1, 0.15) is 0 Å². The van der Waals surface area contributed by atoms with Crippen molar-refractivity contribution in [3.8, 4) is 0 Å². The Morgan fingerprint density at radius 1 is 1.32 bits per heavy atom. The number of nitro benzene ring substituents is 1. The number of carbonyl (C=O) groups excluding carboxylic acids is 1. The second-order valence-corrected chi connectivity index (χ2v) is 5.66. The number of methoxy groups -OCH3 is 1. The molecule has 1 heterocycles. The number of allylic oxidation sites excluding steroid dienone is 3. The molecule has 0 amide bonds. The van der Waals surface area contributed by atoms with Crippen molar-refractivity contribution in [1.82, 2.24) is 5.32 Å². The molecule has 25 heavy (non-hydrogen) atoms. The van der Waals surface area contributed by atoms with Crippen LogP contribution in [-0.2, 0) is 9.53 Å². The maximum Gasteiger partial charge on any atom is 0.336 e. The lowest BCUT2D eigenvalue weighted by atomic mass is 9.78. The molecule has 1 atom stereocenters. The van der Waals surface area contributed by atoms with E-state index in [1.807, 2.05) is 0 Å². The average molecular weight is 345 g/mol. The first-order chi connectivity index (χ1) is 11.8. The van der Waals surface area contributed by atoms with Crippen molar-refractivity contribution in [3.05, 3.63) is 62.5 Å². The third-order valence-electron chi connectivity index (χ3n) is 4.12. The minimum atomic E-state index is -0.649. The molecule has 1 aliphatic heterocycles. The van der Waals surface area contributed by atoms with Crippen molar-refractivity contribution in [3.63, 3.8) is 0 Å². The second-order valence-electron chi connectivity index (χ2n) is 5.66. The van der Waals surface area contributed by atoms with Crippen molar-refractivity contribution in [2.75, 3.05) is 7.11 Å². The van der Waals surface area contributed by atoms with E-state index in [9.17, 15) is 20.1 Å². The number of hydrogen-bond donors (Lipinski definition) is 2. The number of carbonyl (C=O) groups is 1. The number of non-ortho nitro benzene ring substituents is 1. The van der Waals surface area contributed by atoms with Gasteiger partial charge in [-0.25, -0.2) is 4.79 Å². The molecule has 0 fully saturated rings. The molecule has 2 rings (SSSR count). The topological polar surface area (TPSA) is 114 Å². The minimum absolute atomic E-state index is 0.0894. The zero-order valence-electron chi connectivity index (χ0n) is 14.4. The highest BCUT2D eigenvalue weighted by molar-refractivity contribution is 6.04. The predicted octanol–water partition coefficient (Wildman–Crippen LogP) is 2.85. The Bertz CT molecular complexity index is 823. The van der Waals surface area contributed by atoms with Gasteiger partial charge in [0.25, 0.3) is 5.69 Å². The largest absolute Gasteiger partial charge is 0.466 e. The van der Waals surface area contributed by atoms with Gasteiger partial charge < -0.3 is 15.3 Å². The molecular formula is C17H19N3O5. The number of nitrogens with zero attached hydrogens (tertiary/aromatic N) is 2. The van der Waals surface area contributed by atoms with E-state index in [4.69, 9.17) is 4.74 Å². The molecule has 1 aliphatic rings. The fraction of sp³-hybridized carbons (Fsp3) is 0.294. The van der Waals surface area contributed by atoms with Crippen LogP contribution in [0.4, 0.5) is 5.69 Å². The molecule has 0 spiro atoms. The Kier molecular flexibility index (Phi) is 5.21. The molecule has 132 valence electrons. The summed E-state index contributed by atoms with van der Waals surface area (Å²) < 4.78 is 4.89. The third kappa shape index (κ3) is 3.37. The van der Waals surface area contributed by atoms with Gasteiger partial charge in [0, 0.05) is 35.0 Å². The average Bonchev–Trinajstić information content (AvgIpc) is 2.59. The molecular weight excluding hydrogens is 326 g/mol. The number of ether oxygens (including phenoxy) is 1. The van der Waals surface area contributed by atoms with Crippen molar-refractivity contribution in [2.24, 2.45) is 5.16 Å². The molecule has 0 aliphatic carbocycles. The van der Waals surface area contributed by atoms with Gasteiger partial charge in [0.05, 0.1) is 23.3 Å². The van der Waals surface area contributed by atoms with Gasteiger partial charge in [-0.15, -0.1) is 0 Å². The maximum atomic E-state index is 12.4. The van der Waals surface area contributed by atoms with E-state index in [2.05, 4.69) is 10.5 Å². The summed E-state index contributed by atoms with van der Waals surface area (Å²) in [4.78, 5) is 23.0. The smallest absolute Gasteiger partial charge is 0.336 e. The second kappa shape index (κ2) is 7.16. The van der Waals surface area contributed by atoms with E-state index in [0.717, 1.165) is 0 Å². The van der Waals surface area contributed by atoms with Crippen LogP contribution in [0.5, 0.6) is 0 Å². The summed E-state index contributed by atoms with van der Waals surface area (Å²) in [6.07, 6.45) is 0.